The van der Waals surface area contributed by atoms with Crippen LogP contribution in [0.15, 0.2) is 18.2 Å². The van der Waals surface area contributed by atoms with Gasteiger partial charge in [0.05, 0.1) is 25.4 Å². The van der Waals surface area contributed by atoms with E-state index in [1.807, 2.05) is 18.2 Å². The summed E-state index contributed by atoms with van der Waals surface area (Å²) in [6.07, 6.45) is 1.39. The minimum Gasteiger partial charge on any atom is -0.496 e. The van der Waals surface area contributed by atoms with Crippen molar-refractivity contribution in [2.75, 3.05) is 34.4 Å². The second-order valence-corrected chi connectivity index (χ2v) is 4.87. The molecule has 0 aromatic heterocycles. The van der Waals surface area contributed by atoms with Crippen LogP contribution in [-0.2, 0) is 5.60 Å². The van der Waals surface area contributed by atoms with Crippen molar-refractivity contribution >= 4 is 0 Å². The molecule has 1 fully saturated rings. The van der Waals surface area contributed by atoms with Crippen molar-refractivity contribution < 1.29 is 14.6 Å². The predicted octanol–water partition coefficient (Wildman–Crippen LogP) is 1.62. The summed E-state index contributed by atoms with van der Waals surface area (Å²) >= 11 is 0. The van der Waals surface area contributed by atoms with Crippen molar-refractivity contribution in [3.8, 4) is 11.5 Å². The van der Waals surface area contributed by atoms with Crippen LogP contribution in [0.5, 0.6) is 11.5 Å². The molecule has 1 aromatic carbocycles. The van der Waals surface area contributed by atoms with Crippen LogP contribution in [0.25, 0.3) is 0 Å². The Labute approximate surface area is 108 Å². The Kier molecular flexibility index (Phi) is 3.78. The van der Waals surface area contributed by atoms with Crippen molar-refractivity contribution in [3.63, 3.8) is 0 Å². The largest absolute Gasteiger partial charge is 0.496 e. The van der Waals surface area contributed by atoms with Gasteiger partial charge in [0, 0.05) is 13.1 Å². The van der Waals surface area contributed by atoms with Gasteiger partial charge in [0.15, 0.2) is 0 Å². The van der Waals surface area contributed by atoms with E-state index in [1.165, 1.54) is 0 Å². The highest BCUT2D eigenvalue weighted by Crippen LogP contribution is 2.43. The summed E-state index contributed by atoms with van der Waals surface area (Å²) in [5, 5.41) is 10.9. The molecule has 1 aliphatic heterocycles. The van der Waals surface area contributed by atoms with Gasteiger partial charge in [-0.2, -0.15) is 0 Å². The van der Waals surface area contributed by atoms with Crippen molar-refractivity contribution in [1.29, 1.82) is 0 Å². The molecular formula is C14H21NO3. The number of methoxy groups -OCH3 is 2. The quantitative estimate of drug-likeness (QED) is 0.886. The molecule has 1 N–H and O–H groups in total. The van der Waals surface area contributed by atoms with Gasteiger partial charge >= 0.3 is 0 Å². The number of hydrogen-bond donors (Lipinski definition) is 1. The Morgan fingerprint density at radius 3 is 2.06 bits per heavy atom. The number of nitrogens with zero attached hydrogens (tertiary/aromatic N) is 1. The van der Waals surface area contributed by atoms with E-state index in [0.717, 1.165) is 18.7 Å². The minimum absolute atomic E-state index is 0.695. The van der Waals surface area contributed by atoms with Gasteiger partial charge in [-0.1, -0.05) is 6.07 Å². The third-order valence-corrected chi connectivity index (χ3v) is 3.71. The Morgan fingerprint density at radius 1 is 1.11 bits per heavy atom. The van der Waals surface area contributed by atoms with Crippen molar-refractivity contribution in [1.82, 2.24) is 4.90 Å². The van der Waals surface area contributed by atoms with Gasteiger partial charge in [-0.15, -0.1) is 0 Å². The first-order valence-corrected chi connectivity index (χ1v) is 6.23. The van der Waals surface area contributed by atoms with Crippen LogP contribution in [-0.4, -0.2) is 44.4 Å². The molecular weight excluding hydrogens is 230 g/mol. The minimum atomic E-state index is -0.857. The number of piperidine rings is 1. The molecule has 0 amide bonds. The highest BCUT2D eigenvalue weighted by Gasteiger charge is 2.37. The molecule has 0 saturated carbocycles. The molecule has 2 rings (SSSR count). The molecule has 4 heteroatoms. The van der Waals surface area contributed by atoms with E-state index >= 15 is 0 Å². The predicted molar refractivity (Wildman–Crippen MR) is 70.2 cm³/mol. The topological polar surface area (TPSA) is 41.9 Å². The first-order chi connectivity index (χ1) is 8.60. The Bertz CT molecular complexity index is 389. The zero-order valence-corrected chi connectivity index (χ0v) is 11.3. The highest BCUT2D eigenvalue weighted by molar-refractivity contribution is 5.48. The normalized spacial score (nSPS) is 19.6. The second-order valence-electron chi connectivity index (χ2n) is 4.87. The maximum absolute atomic E-state index is 10.9. The molecule has 0 unspecified atom stereocenters. The molecule has 1 heterocycles. The summed E-state index contributed by atoms with van der Waals surface area (Å²) in [5.41, 5.74) is -0.0760. The Hall–Kier alpha value is -1.26. The third-order valence-electron chi connectivity index (χ3n) is 3.71. The first kappa shape index (κ1) is 13.2. The summed E-state index contributed by atoms with van der Waals surface area (Å²) in [6.45, 7) is 1.75. The van der Waals surface area contributed by atoms with Crippen LogP contribution in [0.1, 0.15) is 18.4 Å². The number of aliphatic hydroxyl groups is 1. The lowest BCUT2D eigenvalue weighted by atomic mass is 9.83. The van der Waals surface area contributed by atoms with E-state index in [-0.39, 0.29) is 0 Å². The van der Waals surface area contributed by atoms with Crippen LogP contribution < -0.4 is 9.47 Å². The molecule has 0 bridgehead atoms. The summed E-state index contributed by atoms with van der Waals surface area (Å²) in [5.74, 6) is 1.39. The summed E-state index contributed by atoms with van der Waals surface area (Å²) in [7, 11) is 5.31. The fourth-order valence-electron chi connectivity index (χ4n) is 2.55. The Morgan fingerprint density at radius 2 is 1.61 bits per heavy atom. The van der Waals surface area contributed by atoms with Gasteiger partial charge in [0.2, 0.25) is 0 Å². The van der Waals surface area contributed by atoms with Crippen LogP contribution in [0, 0.1) is 0 Å². The van der Waals surface area contributed by atoms with E-state index in [1.54, 1.807) is 14.2 Å². The van der Waals surface area contributed by atoms with E-state index in [2.05, 4.69) is 11.9 Å². The molecule has 1 aromatic rings. The summed E-state index contributed by atoms with van der Waals surface area (Å²) < 4.78 is 10.8. The molecule has 0 spiro atoms. The van der Waals surface area contributed by atoms with Crippen LogP contribution in [0.2, 0.25) is 0 Å². The molecule has 0 aliphatic carbocycles. The summed E-state index contributed by atoms with van der Waals surface area (Å²) in [6, 6.07) is 5.61. The average molecular weight is 251 g/mol. The number of likely N-dealkylation sites (tertiary alicyclic amines) is 1. The van der Waals surface area contributed by atoms with Gasteiger partial charge in [-0.05, 0) is 32.0 Å². The molecule has 100 valence electrons. The maximum atomic E-state index is 10.9. The lowest BCUT2D eigenvalue weighted by Gasteiger charge is -2.38. The fourth-order valence-corrected chi connectivity index (χ4v) is 2.55. The Balaban J connectivity index is 2.42. The van der Waals surface area contributed by atoms with Gasteiger partial charge < -0.3 is 19.5 Å². The van der Waals surface area contributed by atoms with Gasteiger partial charge in [-0.3, -0.25) is 0 Å². The lowest BCUT2D eigenvalue weighted by Crippen LogP contribution is -2.41. The maximum Gasteiger partial charge on any atom is 0.128 e. The lowest BCUT2D eigenvalue weighted by molar-refractivity contribution is -0.0236. The number of rotatable bonds is 3. The van der Waals surface area contributed by atoms with E-state index in [9.17, 15) is 5.11 Å². The average Bonchev–Trinajstić information content (AvgIpc) is 2.41. The monoisotopic (exact) mass is 251 g/mol. The zero-order chi connectivity index (χ0) is 13.2. The fraction of sp³-hybridized carbons (Fsp3) is 0.571. The number of hydrogen-bond acceptors (Lipinski definition) is 4. The molecule has 0 atom stereocenters. The van der Waals surface area contributed by atoms with Crippen LogP contribution in [0.3, 0.4) is 0 Å². The first-order valence-electron chi connectivity index (χ1n) is 6.23. The van der Waals surface area contributed by atoms with Gasteiger partial charge in [-0.25, -0.2) is 0 Å². The van der Waals surface area contributed by atoms with Crippen LogP contribution >= 0.6 is 0 Å². The molecule has 0 radical (unpaired) electrons. The van der Waals surface area contributed by atoms with Crippen LogP contribution in [0.4, 0.5) is 0 Å². The molecule has 18 heavy (non-hydrogen) atoms. The van der Waals surface area contributed by atoms with E-state index in [4.69, 9.17) is 9.47 Å². The van der Waals surface area contributed by atoms with E-state index < -0.39 is 5.60 Å². The number of benzene rings is 1. The van der Waals surface area contributed by atoms with Crippen molar-refractivity contribution in [2.45, 2.75) is 18.4 Å². The van der Waals surface area contributed by atoms with Gasteiger partial charge in [0.25, 0.3) is 0 Å². The second kappa shape index (κ2) is 5.16. The SMILES string of the molecule is COc1cccc(OC)c1C1(O)CCN(C)CC1. The van der Waals surface area contributed by atoms with E-state index in [0.29, 0.717) is 24.3 Å². The van der Waals surface area contributed by atoms with Gasteiger partial charge in [0.1, 0.15) is 11.5 Å². The highest BCUT2D eigenvalue weighted by atomic mass is 16.5. The zero-order valence-electron chi connectivity index (χ0n) is 11.3. The molecule has 1 saturated heterocycles. The third kappa shape index (κ3) is 2.31. The van der Waals surface area contributed by atoms with Crippen molar-refractivity contribution in [2.24, 2.45) is 0 Å². The number of ether oxygens (including phenoxy) is 2. The summed E-state index contributed by atoms with van der Waals surface area (Å²) in [4.78, 5) is 2.22. The molecule has 4 nitrogen and oxygen atoms in total. The van der Waals surface area contributed by atoms with Crippen molar-refractivity contribution in [3.05, 3.63) is 23.8 Å². The molecule has 1 aliphatic rings. The smallest absolute Gasteiger partial charge is 0.128 e. The standard InChI is InChI=1S/C14H21NO3/c1-15-9-7-14(16,8-10-15)13-11(17-2)5-4-6-12(13)18-3/h4-6,16H,7-10H2,1-3H3.